The predicted octanol–water partition coefficient (Wildman–Crippen LogP) is 4.58. The molecule has 2 aromatic carbocycles. The monoisotopic (exact) mass is 452 g/mol. The van der Waals surface area contributed by atoms with Crippen molar-refractivity contribution in [2.24, 2.45) is 0 Å². The van der Waals surface area contributed by atoms with Crippen molar-refractivity contribution in [3.63, 3.8) is 0 Å². The number of aromatic hydroxyl groups is 3. The summed E-state index contributed by atoms with van der Waals surface area (Å²) in [4.78, 5) is 13.1. The molecule has 0 radical (unpaired) electrons. The highest BCUT2D eigenvalue weighted by molar-refractivity contribution is 5.88. The number of phenolic OH excluding ortho intramolecular Hbond substituents is 3. The first kappa shape index (κ1) is 23.9. The molecular weight excluding hydrogens is 424 g/mol. The molecule has 7 nitrogen and oxygen atoms in total. The predicted molar refractivity (Wildman–Crippen MR) is 127 cm³/mol. The molecule has 7 heteroatoms. The van der Waals surface area contributed by atoms with Crippen molar-refractivity contribution in [1.82, 2.24) is 0 Å². The van der Waals surface area contributed by atoms with Crippen LogP contribution in [0.4, 0.5) is 0 Å². The molecule has 1 heterocycles. The van der Waals surface area contributed by atoms with Gasteiger partial charge in [0.1, 0.15) is 28.2 Å². The Bertz CT molecular complexity index is 1310. The third-order valence-electron chi connectivity index (χ3n) is 5.30. The Morgan fingerprint density at radius 1 is 1.00 bits per heavy atom. The van der Waals surface area contributed by atoms with Gasteiger partial charge in [-0.15, -0.1) is 0 Å². The number of benzene rings is 2. The summed E-state index contributed by atoms with van der Waals surface area (Å²) in [5.74, 6) is -0.531. The molecule has 0 fully saturated rings. The molecule has 0 aliphatic heterocycles. The molecule has 0 unspecified atom stereocenters. The van der Waals surface area contributed by atoms with Crippen LogP contribution >= 0.6 is 0 Å². The lowest BCUT2D eigenvalue weighted by molar-refractivity contribution is 0.331. The lowest BCUT2D eigenvalue weighted by Gasteiger charge is -2.14. The van der Waals surface area contributed by atoms with E-state index in [9.17, 15) is 25.2 Å². The molecule has 3 aromatic rings. The number of fused-ring (bicyclic) bond motifs is 1. The van der Waals surface area contributed by atoms with Crippen molar-refractivity contribution in [3.05, 3.63) is 68.9 Å². The highest BCUT2D eigenvalue weighted by Crippen LogP contribution is 2.38. The van der Waals surface area contributed by atoms with Crippen LogP contribution in [0.3, 0.4) is 0 Å². The fourth-order valence-electron chi connectivity index (χ4n) is 3.51. The maximum Gasteiger partial charge on any atom is 0.239 e. The topological polar surface area (TPSA) is 120 Å². The number of phenols is 3. The number of rotatable bonds is 7. The van der Waals surface area contributed by atoms with Crippen molar-refractivity contribution in [1.29, 1.82) is 0 Å². The van der Waals surface area contributed by atoms with Gasteiger partial charge in [-0.2, -0.15) is 0 Å². The van der Waals surface area contributed by atoms with Crippen LogP contribution in [0.15, 0.2) is 56.8 Å². The highest BCUT2D eigenvalue weighted by Gasteiger charge is 2.22. The van der Waals surface area contributed by atoms with Gasteiger partial charge in [-0.05, 0) is 56.9 Å². The maximum atomic E-state index is 13.1. The minimum atomic E-state index is -0.581. The Kier molecular flexibility index (Phi) is 7.13. The number of ether oxygens (including phenoxy) is 1. The van der Waals surface area contributed by atoms with Gasteiger partial charge < -0.3 is 29.6 Å². The average Bonchev–Trinajstić information content (AvgIpc) is 2.76. The largest absolute Gasteiger partial charge is 0.508 e. The number of aliphatic hydroxyl groups is 1. The van der Waals surface area contributed by atoms with Crippen LogP contribution < -0.4 is 10.2 Å². The first-order valence-corrected chi connectivity index (χ1v) is 10.5. The minimum Gasteiger partial charge on any atom is -0.508 e. The second-order valence-electron chi connectivity index (χ2n) is 8.17. The lowest BCUT2D eigenvalue weighted by atomic mass is 9.96. The van der Waals surface area contributed by atoms with Gasteiger partial charge in [-0.25, -0.2) is 0 Å². The van der Waals surface area contributed by atoms with Crippen molar-refractivity contribution < 1.29 is 29.6 Å². The van der Waals surface area contributed by atoms with Crippen molar-refractivity contribution in [3.8, 4) is 34.3 Å². The number of allylic oxidation sites excluding steroid dienone is 3. The summed E-state index contributed by atoms with van der Waals surface area (Å²) in [6.07, 6.45) is 4.60. The second-order valence-corrected chi connectivity index (χ2v) is 8.17. The zero-order chi connectivity index (χ0) is 24.3. The molecule has 0 atom stereocenters. The van der Waals surface area contributed by atoms with Gasteiger partial charge in [0, 0.05) is 17.7 Å². The lowest BCUT2D eigenvalue weighted by Crippen LogP contribution is -2.08. The molecule has 0 amide bonds. The minimum absolute atomic E-state index is 0.00444. The van der Waals surface area contributed by atoms with Gasteiger partial charge in [0.2, 0.25) is 11.2 Å². The summed E-state index contributed by atoms with van der Waals surface area (Å²) in [7, 11) is 1.33. The highest BCUT2D eigenvalue weighted by atomic mass is 16.5. The van der Waals surface area contributed by atoms with Crippen LogP contribution in [0.5, 0.6) is 23.0 Å². The molecule has 174 valence electrons. The summed E-state index contributed by atoms with van der Waals surface area (Å²) in [6, 6.07) is 5.72. The number of methoxy groups -OCH3 is 1. The first-order chi connectivity index (χ1) is 15.7. The summed E-state index contributed by atoms with van der Waals surface area (Å²) in [6.45, 7) is 5.61. The molecular formula is C26H28O7. The normalized spacial score (nSPS) is 11.6. The van der Waals surface area contributed by atoms with E-state index in [4.69, 9.17) is 9.15 Å². The van der Waals surface area contributed by atoms with Crippen molar-refractivity contribution in [2.45, 2.75) is 33.6 Å². The van der Waals surface area contributed by atoms with Gasteiger partial charge in [-0.1, -0.05) is 23.3 Å². The van der Waals surface area contributed by atoms with E-state index in [1.54, 1.807) is 19.1 Å². The molecule has 0 aliphatic rings. The van der Waals surface area contributed by atoms with Crippen LogP contribution in [0.1, 0.15) is 31.9 Å². The fourth-order valence-corrected chi connectivity index (χ4v) is 3.51. The molecule has 0 aliphatic carbocycles. The summed E-state index contributed by atoms with van der Waals surface area (Å²) in [5.41, 5.74) is 2.97. The molecule has 4 N–H and O–H groups in total. The quantitative estimate of drug-likeness (QED) is 0.387. The first-order valence-electron chi connectivity index (χ1n) is 10.5. The molecule has 3 rings (SSSR count). The van der Waals surface area contributed by atoms with Gasteiger partial charge in [0.05, 0.1) is 13.7 Å². The number of hydrogen-bond donors (Lipinski definition) is 4. The van der Waals surface area contributed by atoms with E-state index in [1.165, 1.54) is 13.2 Å². The van der Waals surface area contributed by atoms with Crippen molar-refractivity contribution in [2.75, 3.05) is 13.7 Å². The van der Waals surface area contributed by atoms with Crippen LogP contribution in [0.2, 0.25) is 0 Å². The van der Waals surface area contributed by atoms with Crippen LogP contribution in [-0.4, -0.2) is 34.1 Å². The third kappa shape index (κ3) is 5.04. The molecule has 0 saturated heterocycles. The van der Waals surface area contributed by atoms with Crippen molar-refractivity contribution >= 4 is 11.0 Å². The van der Waals surface area contributed by atoms with Gasteiger partial charge in [0.25, 0.3) is 0 Å². The van der Waals surface area contributed by atoms with E-state index in [0.717, 1.165) is 17.2 Å². The average molecular weight is 453 g/mol. The molecule has 0 saturated carbocycles. The third-order valence-corrected chi connectivity index (χ3v) is 5.30. The van der Waals surface area contributed by atoms with Gasteiger partial charge >= 0.3 is 0 Å². The van der Waals surface area contributed by atoms with Crippen LogP contribution in [0.25, 0.3) is 22.3 Å². The summed E-state index contributed by atoms with van der Waals surface area (Å²) in [5, 5.41) is 40.1. The standard InChI is InChI=1S/C26H28O7/c1-14(2)5-7-16-9-18(10-17(23(16)30)8-6-15(3)13-27)25-26(32-4)24(31)22-20(29)11-19(28)12-21(22)33-25/h5-6,9-12,27-30H,7-8,13H2,1-4H3/b15-6+. The maximum absolute atomic E-state index is 13.1. The zero-order valence-corrected chi connectivity index (χ0v) is 19.1. The summed E-state index contributed by atoms with van der Waals surface area (Å²) < 4.78 is 11.3. The Hall–Kier alpha value is -3.71. The molecule has 33 heavy (non-hydrogen) atoms. The fraction of sp³-hybridized carbons (Fsp3) is 0.269. The Morgan fingerprint density at radius 2 is 1.64 bits per heavy atom. The second kappa shape index (κ2) is 9.83. The molecule has 1 aromatic heterocycles. The Balaban J connectivity index is 2.31. The van der Waals surface area contributed by atoms with E-state index in [2.05, 4.69) is 0 Å². The van der Waals surface area contributed by atoms with E-state index in [0.29, 0.717) is 29.5 Å². The van der Waals surface area contributed by atoms with E-state index >= 15 is 0 Å². The van der Waals surface area contributed by atoms with Gasteiger partial charge in [0.15, 0.2) is 5.76 Å². The van der Waals surface area contributed by atoms with E-state index in [1.807, 2.05) is 26.0 Å². The Labute approximate surface area is 191 Å². The van der Waals surface area contributed by atoms with Crippen LogP contribution in [0, 0.1) is 0 Å². The smallest absolute Gasteiger partial charge is 0.239 e. The van der Waals surface area contributed by atoms with E-state index in [-0.39, 0.29) is 40.6 Å². The molecule has 0 bridgehead atoms. The number of aliphatic hydroxyl groups excluding tert-OH is 1. The number of hydrogen-bond acceptors (Lipinski definition) is 7. The SMILES string of the molecule is COc1c(-c2cc(CC=C(C)C)c(O)c(C/C=C(\C)CO)c2)oc2cc(O)cc(O)c2c1=O. The van der Waals surface area contributed by atoms with E-state index < -0.39 is 11.2 Å². The molecule has 0 spiro atoms. The van der Waals surface area contributed by atoms with Crippen LogP contribution in [-0.2, 0) is 12.8 Å². The Morgan fingerprint density at radius 3 is 2.21 bits per heavy atom. The van der Waals surface area contributed by atoms with Gasteiger partial charge in [-0.3, -0.25) is 4.79 Å². The summed E-state index contributed by atoms with van der Waals surface area (Å²) >= 11 is 0. The zero-order valence-electron chi connectivity index (χ0n) is 19.1.